The van der Waals surface area contributed by atoms with E-state index in [-0.39, 0.29) is 11.9 Å². The number of carbonyl (C=O) groups is 1. The number of nitrogens with one attached hydrogen (secondary N) is 1. The van der Waals surface area contributed by atoms with Crippen LogP contribution in [-0.4, -0.2) is 61.5 Å². The average Bonchev–Trinajstić information content (AvgIpc) is 2.07. The molecule has 1 saturated heterocycles. The molecule has 0 atom stereocenters. The number of amides is 1. The third kappa shape index (κ3) is 4.07. The van der Waals surface area contributed by atoms with Crippen molar-refractivity contribution in [2.75, 3.05) is 39.8 Å². The van der Waals surface area contributed by atoms with Gasteiger partial charge in [-0.1, -0.05) is 0 Å². The summed E-state index contributed by atoms with van der Waals surface area (Å²) in [6, 6.07) is 0.245. The molecule has 1 aliphatic heterocycles. The Morgan fingerprint density at radius 3 is 2.36 bits per heavy atom. The summed E-state index contributed by atoms with van der Waals surface area (Å²) in [5.74, 6) is 0.143. The summed E-state index contributed by atoms with van der Waals surface area (Å²) >= 11 is 0. The maximum atomic E-state index is 11.4. The van der Waals surface area contributed by atoms with Crippen molar-refractivity contribution < 1.29 is 4.79 Å². The summed E-state index contributed by atoms with van der Waals surface area (Å²) in [4.78, 5) is 15.9. The van der Waals surface area contributed by atoms with Gasteiger partial charge in [-0.15, -0.1) is 0 Å². The van der Waals surface area contributed by atoms with E-state index in [4.69, 9.17) is 0 Å². The first-order valence-corrected chi connectivity index (χ1v) is 5.28. The second-order valence-electron chi connectivity index (χ2n) is 4.30. The summed E-state index contributed by atoms with van der Waals surface area (Å²) in [5, 5.41) is 2.91. The van der Waals surface area contributed by atoms with E-state index in [9.17, 15) is 4.79 Å². The molecule has 0 radical (unpaired) electrons. The average molecular weight is 199 g/mol. The Morgan fingerprint density at radius 1 is 1.29 bits per heavy atom. The molecule has 4 heteroatoms. The van der Waals surface area contributed by atoms with Crippen molar-refractivity contribution in [3.63, 3.8) is 0 Å². The molecule has 0 unspecified atom stereocenters. The largest absolute Gasteiger partial charge is 0.353 e. The molecule has 0 spiro atoms. The van der Waals surface area contributed by atoms with E-state index < -0.39 is 0 Å². The molecule has 0 aromatic rings. The maximum Gasteiger partial charge on any atom is 0.234 e. The SMILES string of the molecule is CC(C)NC(=O)CN1CCN(C)CC1. The third-order valence-corrected chi connectivity index (χ3v) is 2.41. The van der Waals surface area contributed by atoms with E-state index in [0.717, 1.165) is 26.2 Å². The smallest absolute Gasteiger partial charge is 0.234 e. The molecule has 1 fully saturated rings. The number of rotatable bonds is 3. The Morgan fingerprint density at radius 2 is 1.86 bits per heavy atom. The molecule has 1 aliphatic rings. The number of nitrogens with zero attached hydrogens (tertiary/aromatic N) is 2. The Bertz CT molecular complexity index is 186. The van der Waals surface area contributed by atoms with Crippen LogP contribution in [0.5, 0.6) is 0 Å². The van der Waals surface area contributed by atoms with Crippen LogP contribution in [0, 0.1) is 0 Å². The lowest BCUT2D eigenvalue weighted by Crippen LogP contribution is -2.48. The first-order chi connectivity index (χ1) is 6.58. The summed E-state index contributed by atoms with van der Waals surface area (Å²) in [6.07, 6.45) is 0. The van der Waals surface area contributed by atoms with Gasteiger partial charge in [0.15, 0.2) is 0 Å². The second kappa shape index (κ2) is 5.32. The Balaban J connectivity index is 2.20. The van der Waals surface area contributed by atoms with Gasteiger partial charge in [0.25, 0.3) is 0 Å². The van der Waals surface area contributed by atoms with Crippen molar-refractivity contribution in [3.8, 4) is 0 Å². The lowest BCUT2D eigenvalue weighted by molar-refractivity contribution is -0.123. The molecule has 14 heavy (non-hydrogen) atoms. The molecule has 4 nitrogen and oxygen atoms in total. The summed E-state index contributed by atoms with van der Waals surface area (Å²) in [5.41, 5.74) is 0. The molecule has 0 saturated carbocycles. The van der Waals surface area contributed by atoms with E-state index in [1.807, 2.05) is 13.8 Å². The minimum absolute atomic E-state index is 0.143. The third-order valence-electron chi connectivity index (χ3n) is 2.41. The standard InChI is InChI=1S/C10H21N3O/c1-9(2)11-10(14)8-13-6-4-12(3)5-7-13/h9H,4-8H2,1-3H3,(H,11,14). The molecular formula is C10H21N3O. The van der Waals surface area contributed by atoms with Gasteiger partial charge >= 0.3 is 0 Å². The van der Waals surface area contributed by atoms with Gasteiger partial charge in [-0.2, -0.15) is 0 Å². The van der Waals surface area contributed by atoms with Gasteiger partial charge in [-0.25, -0.2) is 0 Å². The van der Waals surface area contributed by atoms with Crippen LogP contribution in [0.25, 0.3) is 0 Å². The fraction of sp³-hybridized carbons (Fsp3) is 0.900. The first-order valence-electron chi connectivity index (χ1n) is 5.28. The van der Waals surface area contributed by atoms with Gasteiger partial charge < -0.3 is 10.2 Å². The summed E-state index contributed by atoms with van der Waals surface area (Å²) in [6.45, 7) is 8.66. The van der Waals surface area contributed by atoms with Crippen LogP contribution in [0.2, 0.25) is 0 Å². The van der Waals surface area contributed by atoms with Crippen molar-refractivity contribution in [2.24, 2.45) is 0 Å². The Labute approximate surface area is 86.2 Å². The quantitative estimate of drug-likeness (QED) is 0.681. The molecule has 0 aliphatic carbocycles. The minimum Gasteiger partial charge on any atom is -0.353 e. The Kier molecular flexibility index (Phi) is 4.35. The van der Waals surface area contributed by atoms with E-state index in [2.05, 4.69) is 22.2 Å². The maximum absolute atomic E-state index is 11.4. The van der Waals surface area contributed by atoms with Gasteiger partial charge in [0.2, 0.25) is 5.91 Å². The molecule has 82 valence electrons. The lowest BCUT2D eigenvalue weighted by Gasteiger charge is -2.31. The Hall–Kier alpha value is -0.610. The van der Waals surface area contributed by atoms with Crippen LogP contribution in [-0.2, 0) is 4.79 Å². The predicted octanol–water partition coefficient (Wildman–Crippen LogP) is -0.242. The van der Waals surface area contributed by atoms with Crippen LogP contribution in [0.3, 0.4) is 0 Å². The van der Waals surface area contributed by atoms with Gasteiger partial charge in [-0.3, -0.25) is 9.69 Å². The highest BCUT2D eigenvalue weighted by Crippen LogP contribution is 1.98. The summed E-state index contributed by atoms with van der Waals surface area (Å²) in [7, 11) is 2.12. The minimum atomic E-state index is 0.143. The van der Waals surface area contributed by atoms with Crippen molar-refractivity contribution in [1.29, 1.82) is 0 Å². The molecule has 1 rings (SSSR count). The van der Waals surface area contributed by atoms with Crippen molar-refractivity contribution in [3.05, 3.63) is 0 Å². The molecule has 1 amide bonds. The van der Waals surface area contributed by atoms with Crippen LogP contribution < -0.4 is 5.32 Å². The van der Waals surface area contributed by atoms with Crippen LogP contribution in [0.15, 0.2) is 0 Å². The molecule has 1 N–H and O–H groups in total. The zero-order valence-corrected chi connectivity index (χ0v) is 9.42. The van der Waals surface area contributed by atoms with Crippen LogP contribution >= 0.6 is 0 Å². The highest BCUT2D eigenvalue weighted by Gasteiger charge is 2.16. The van der Waals surface area contributed by atoms with E-state index >= 15 is 0 Å². The van der Waals surface area contributed by atoms with E-state index in [0.29, 0.717) is 6.54 Å². The van der Waals surface area contributed by atoms with Gasteiger partial charge in [0, 0.05) is 32.2 Å². The number of piperazine rings is 1. The van der Waals surface area contributed by atoms with E-state index in [1.165, 1.54) is 0 Å². The fourth-order valence-corrected chi connectivity index (χ4v) is 1.58. The summed E-state index contributed by atoms with van der Waals surface area (Å²) < 4.78 is 0. The molecule has 0 aromatic heterocycles. The normalized spacial score (nSPS) is 20.0. The number of carbonyl (C=O) groups excluding carboxylic acids is 1. The van der Waals surface area contributed by atoms with Gasteiger partial charge in [0.05, 0.1) is 6.54 Å². The van der Waals surface area contributed by atoms with Crippen molar-refractivity contribution in [2.45, 2.75) is 19.9 Å². The fourth-order valence-electron chi connectivity index (χ4n) is 1.58. The number of hydrogen-bond donors (Lipinski definition) is 1. The molecular weight excluding hydrogens is 178 g/mol. The predicted molar refractivity (Wildman–Crippen MR) is 57.2 cm³/mol. The number of likely N-dealkylation sites (N-methyl/N-ethyl adjacent to an activating group) is 1. The molecule has 0 bridgehead atoms. The van der Waals surface area contributed by atoms with Crippen molar-refractivity contribution in [1.82, 2.24) is 15.1 Å². The molecule has 0 aromatic carbocycles. The van der Waals surface area contributed by atoms with Crippen LogP contribution in [0.1, 0.15) is 13.8 Å². The lowest BCUT2D eigenvalue weighted by atomic mass is 10.3. The van der Waals surface area contributed by atoms with E-state index in [1.54, 1.807) is 0 Å². The van der Waals surface area contributed by atoms with Gasteiger partial charge in [-0.05, 0) is 20.9 Å². The highest BCUT2D eigenvalue weighted by molar-refractivity contribution is 5.78. The van der Waals surface area contributed by atoms with Crippen LogP contribution in [0.4, 0.5) is 0 Å². The zero-order chi connectivity index (χ0) is 10.6. The van der Waals surface area contributed by atoms with Crippen molar-refractivity contribution >= 4 is 5.91 Å². The monoisotopic (exact) mass is 199 g/mol. The first kappa shape index (κ1) is 11.5. The zero-order valence-electron chi connectivity index (χ0n) is 9.42. The topological polar surface area (TPSA) is 35.6 Å². The molecule has 1 heterocycles. The number of hydrogen-bond acceptors (Lipinski definition) is 3. The second-order valence-corrected chi connectivity index (χ2v) is 4.30. The highest BCUT2D eigenvalue weighted by atomic mass is 16.2. The van der Waals surface area contributed by atoms with Gasteiger partial charge in [0.1, 0.15) is 0 Å².